The number of carbonyl (C=O) groups excluding carboxylic acids is 1. The van der Waals surface area contributed by atoms with E-state index in [1.807, 2.05) is 0 Å². The second-order valence-corrected chi connectivity index (χ2v) is 2.89. The van der Waals surface area contributed by atoms with Crippen LogP contribution >= 0.6 is 0 Å². The lowest BCUT2D eigenvalue weighted by molar-refractivity contribution is -0.131. The standard InChI is InChI=1S/C9H13NO/c1-3-9-6-4-5-7-10(9)8(2)11/h1,9H,4-7H2,2H3. The van der Waals surface area contributed by atoms with Crippen molar-refractivity contribution in [1.82, 2.24) is 4.90 Å². The summed E-state index contributed by atoms with van der Waals surface area (Å²) in [6, 6.07) is 0.0567. The molecule has 0 aliphatic carbocycles. The first-order chi connectivity index (χ1) is 5.25. The molecule has 11 heavy (non-hydrogen) atoms. The molecule has 1 saturated heterocycles. The van der Waals surface area contributed by atoms with Crippen molar-refractivity contribution >= 4 is 5.91 Å². The molecule has 1 amide bonds. The molecule has 2 heteroatoms. The molecule has 0 bridgehead atoms. The number of rotatable bonds is 0. The summed E-state index contributed by atoms with van der Waals surface area (Å²) < 4.78 is 0. The monoisotopic (exact) mass is 151 g/mol. The highest BCUT2D eigenvalue weighted by atomic mass is 16.2. The van der Waals surface area contributed by atoms with E-state index in [0.29, 0.717) is 0 Å². The predicted molar refractivity (Wildman–Crippen MR) is 43.9 cm³/mol. The molecular weight excluding hydrogens is 138 g/mol. The maximum atomic E-state index is 11.0. The van der Waals surface area contributed by atoms with E-state index in [4.69, 9.17) is 6.42 Å². The van der Waals surface area contributed by atoms with Crippen molar-refractivity contribution in [3.8, 4) is 12.3 Å². The van der Waals surface area contributed by atoms with E-state index in [1.165, 1.54) is 0 Å². The molecule has 0 saturated carbocycles. The predicted octanol–water partition coefficient (Wildman–Crippen LogP) is 1.02. The van der Waals surface area contributed by atoms with Crippen LogP contribution in [0.3, 0.4) is 0 Å². The van der Waals surface area contributed by atoms with Gasteiger partial charge in [-0.2, -0.15) is 0 Å². The number of carbonyl (C=O) groups is 1. The van der Waals surface area contributed by atoms with Crippen molar-refractivity contribution in [3.63, 3.8) is 0 Å². The summed E-state index contributed by atoms with van der Waals surface area (Å²) in [7, 11) is 0. The number of likely N-dealkylation sites (tertiary alicyclic amines) is 1. The first-order valence-electron chi connectivity index (χ1n) is 3.99. The molecule has 0 N–H and O–H groups in total. The van der Waals surface area contributed by atoms with Gasteiger partial charge in [-0.1, -0.05) is 5.92 Å². The van der Waals surface area contributed by atoms with E-state index in [9.17, 15) is 4.79 Å². The van der Waals surface area contributed by atoms with Crippen molar-refractivity contribution in [2.45, 2.75) is 32.2 Å². The normalized spacial score (nSPS) is 24.4. The number of amides is 1. The summed E-state index contributed by atoms with van der Waals surface area (Å²) in [6.45, 7) is 2.42. The Hall–Kier alpha value is -0.970. The van der Waals surface area contributed by atoms with Crippen LogP contribution in [0.15, 0.2) is 0 Å². The maximum Gasteiger partial charge on any atom is 0.220 e. The van der Waals surface area contributed by atoms with Crippen molar-refractivity contribution in [2.24, 2.45) is 0 Å². The van der Waals surface area contributed by atoms with Crippen LogP contribution in [0.25, 0.3) is 0 Å². The van der Waals surface area contributed by atoms with Crippen LogP contribution in [-0.2, 0) is 4.79 Å². The van der Waals surface area contributed by atoms with Crippen molar-refractivity contribution in [3.05, 3.63) is 0 Å². The molecule has 2 nitrogen and oxygen atoms in total. The van der Waals surface area contributed by atoms with Gasteiger partial charge in [-0.15, -0.1) is 6.42 Å². The summed E-state index contributed by atoms with van der Waals surface area (Å²) in [5.41, 5.74) is 0. The lowest BCUT2D eigenvalue weighted by Gasteiger charge is -2.31. The highest BCUT2D eigenvalue weighted by Gasteiger charge is 2.21. The molecule has 0 spiro atoms. The summed E-state index contributed by atoms with van der Waals surface area (Å²) in [5, 5.41) is 0. The highest BCUT2D eigenvalue weighted by molar-refractivity contribution is 5.74. The fraction of sp³-hybridized carbons (Fsp3) is 0.667. The van der Waals surface area contributed by atoms with Gasteiger partial charge in [0, 0.05) is 13.5 Å². The van der Waals surface area contributed by atoms with Crippen LogP contribution in [0.4, 0.5) is 0 Å². The molecule has 1 fully saturated rings. The maximum absolute atomic E-state index is 11.0. The van der Waals surface area contributed by atoms with Crippen molar-refractivity contribution in [1.29, 1.82) is 0 Å². The number of piperidine rings is 1. The Morgan fingerprint density at radius 1 is 1.64 bits per heavy atom. The Kier molecular flexibility index (Phi) is 2.53. The van der Waals surface area contributed by atoms with Crippen LogP contribution in [0, 0.1) is 12.3 Å². The Balaban J connectivity index is 2.60. The zero-order valence-electron chi connectivity index (χ0n) is 6.84. The van der Waals surface area contributed by atoms with Gasteiger partial charge in [0.15, 0.2) is 0 Å². The second-order valence-electron chi connectivity index (χ2n) is 2.89. The molecule has 1 aliphatic rings. The molecule has 0 aromatic carbocycles. The van der Waals surface area contributed by atoms with E-state index in [-0.39, 0.29) is 11.9 Å². The molecular formula is C9H13NO. The fourth-order valence-corrected chi connectivity index (χ4v) is 1.48. The largest absolute Gasteiger partial charge is 0.329 e. The quantitative estimate of drug-likeness (QED) is 0.473. The average molecular weight is 151 g/mol. The summed E-state index contributed by atoms with van der Waals surface area (Å²) in [5.74, 6) is 2.74. The van der Waals surface area contributed by atoms with Gasteiger partial charge in [0.25, 0.3) is 0 Å². The minimum absolute atomic E-state index is 0.0567. The zero-order chi connectivity index (χ0) is 8.27. The molecule has 0 aromatic rings. The number of hydrogen-bond donors (Lipinski definition) is 0. The Bertz CT molecular complexity index is 192. The topological polar surface area (TPSA) is 20.3 Å². The number of hydrogen-bond acceptors (Lipinski definition) is 1. The lowest BCUT2D eigenvalue weighted by Crippen LogP contribution is -2.41. The second kappa shape index (κ2) is 3.43. The third-order valence-electron chi connectivity index (χ3n) is 2.10. The molecule has 60 valence electrons. The molecule has 1 rings (SSSR count). The number of terminal acetylenes is 1. The van der Waals surface area contributed by atoms with Crippen LogP contribution in [0.2, 0.25) is 0 Å². The van der Waals surface area contributed by atoms with Crippen LogP contribution in [-0.4, -0.2) is 23.4 Å². The minimum Gasteiger partial charge on any atom is -0.329 e. The smallest absolute Gasteiger partial charge is 0.220 e. The molecule has 1 atom stereocenters. The van der Waals surface area contributed by atoms with E-state index in [2.05, 4.69) is 5.92 Å². The lowest BCUT2D eigenvalue weighted by atomic mass is 10.0. The highest BCUT2D eigenvalue weighted by Crippen LogP contribution is 2.15. The zero-order valence-corrected chi connectivity index (χ0v) is 6.84. The average Bonchev–Trinajstić information content (AvgIpc) is 2.04. The first-order valence-corrected chi connectivity index (χ1v) is 3.99. The van der Waals surface area contributed by atoms with Gasteiger partial charge >= 0.3 is 0 Å². The van der Waals surface area contributed by atoms with Gasteiger partial charge in [0.2, 0.25) is 5.91 Å². The van der Waals surface area contributed by atoms with E-state index >= 15 is 0 Å². The van der Waals surface area contributed by atoms with Gasteiger partial charge in [-0.3, -0.25) is 4.79 Å². The number of nitrogens with zero attached hydrogens (tertiary/aromatic N) is 1. The van der Waals surface area contributed by atoms with Crippen LogP contribution < -0.4 is 0 Å². The first kappa shape index (κ1) is 8.13. The van der Waals surface area contributed by atoms with Gasteiger partial charge in [0.05, 0.1) is 6.04 Å². The molecule has 0 aromatic heterocycles. The summed E-state index contributed by atoms with van der Waals surface area (Å²) in [4.78, 5) is 12.8. The molecule has 0 radical (unpaired) electrons. The van der Waals surface area contributed by atoms with Crippen LogP contribution in [0.5, 0.6) is 0 Å². The molecule has 1 heterocycles. The van der Waals surface area contributed by atoms with E-state index in [0.717, 1.165) is 25.8 Å². The van der Waals surface area contributed by atoms with Gasteiger partial charge < -0.3 is 4.90 Å². The SMILES string of the molecule is C#CC1CCCCN1C(C)=O. The Morgan fingerprint density at radius 2 is 2.36 bits per heavy atom. The Morgan fingerprint density at radius 3 is 2.82 bits per heavy atom. The summed E-state index contributed by atoms with van der Waals surface area (Å²) in [6.07, 6.45) is 8.50. The molecule has 1 aliphatic heterocycles. The van der Waals surface area contributed by atoms with Crippen molar-refractivity contribution < 1.29 is 4.79 Å². The van der Waals surface area contributed by atoms with E-state index in [1.54, 1.807) is 11.8 Å². The summed E-state index contributed by atoms with van der Waals surface area (Å²) >= 11 is 0. The minimum atomic E-state index is 0.0567. The van der Waals surface area contributed by atoms with Gasteiger partial charge in [0.1, 0.15) is 0 Å². The van der Waals surface area contributed by atoms with Gasteiger partial charge in [-0.05, 0) is 19.3 Å². The van der Waals surface area contributed by atoms with Crippen molar-refractivity contribution in [2.75, 3.05) is 6.54 Å². The van der Waals surface area contributed by atoms with E-state index < -0.39 is 0 Å². The third-order valence-corrected chi connectivity index (χ3v) is 2.10. The fourth-order valence-electron chi connectivity index (χ4n) is 1.48. The third kappa shape index (κ3) is 1.74. The molecule has 1 unspecified atom stereocenters. The van der Waals surface area contributed by atoms with Gasteiger partial charge in [-0.25, -0.2) is 0 Å². The van der Waals surface area contributed by atoms with Crippen LogP contribution in [0.1, 0.15) is 26.2 Å². The Labute approximate surface area is 67.6 Å².